The van der Waals surface area contributed by atoms with Crippen LogP contribution in [0.15, 0.2) is 35.4 Å². The minimum absolute atomic E-state index is 0.0514. The number of carbonyl (C=O) groups is 2. The highest BCUT2D eigenvalue weighted by molar-refractivity contribution is 5.94. The van der Waals surface area contributed by atoms with E-state index in [0.29, 0.717) is 45.4 Å². The quantitative estimate of drug-likeness (QED) is 0.857. The lowest BCUT2D eigenvalue weighted by Gasteiger charge is -2.33. The maximum absolute atomic E-state index is 12.5. The first-order valence-corrected chi connectivity index (χ1v) is 8.98. The van der Waals surface area contributed by atoms with Crippen LogP contribution in [0.25, 0.3) is 0 Å². The summed E-state index contributed by atoms with van der Waals surface area (Å²) in [5.41, 5.74) is 4.68. The molecule has 2 amide bonds. The molecule has 1 N–H and O–H groups in total. The average molecular weight is 343 g/mol. The topological polar surface area (TPSA) is 71.0 Å². The van der Waals surface area contributed by atoms with Crippen molar-refractivity contribution in [1.29, 1.82) is 0 Å². The van der Waals surface area contributed by atoms with E-state index in [4.69, 9.17) is 4.74 Å². The largest absolute Gasteiger partial charge is 0.375 e. The number of hydrogen-bond donors (Lipinski definition) is 1. The average Bonchev–Trinajstić information content (AvgIpc) is 2.67. The molecule has 1 saturated heterocycles. The highest BCUT2D eigenvalue weighted by Gasteiger charge is 2.24. The van der Waals surface area contributed by atoms with E-state index >= 15 is 0 Å². The second kappa shape index (κ2) is 8.76. The van der Waals surface area contributed by atoms with E-state index in [1.807, 2.05) is 23.1 Å². The summed E-state index contributed by atoms with van der Waals surface area (Å²) in [4.78, 5) is 25.4. The lowest BCUT2D eigenvalue weighted by atomic mass is 10.0. The van der Waals surface area contributed by atoms with E-state index < -0.39 is 0 Å². The second-order valence-corrected chi connectivity index (χ2v) is 6.57. The van der Waals surface area contributed by atoms with E-state index in [-0.39, 0.29) is 17.9 Å². The van der Waals surface area contributed by atoms with Gasteiger partial charge in [-0.3, -0.25) is 9.59 Å². The molecule has 0 spiro atoms. The van der Waals surface area contributed by atoms with Gasteiger partial charge in [0.15, 0.2) is 0 Å². The summed E-state index contributed by atoms with van der Waals surface area (Å²) < 4.78 is 5.82. The molecule has 2 aliphatic heterocycles. The van der Waals surface area contributed by atoms with E-state index in [0.717, 1.165) is 18.6 Å². The Labute approximate surface area is 148 Å². The molecule has 1 fully saturated rings. The number of carbonyl (C=O) groups excluding carboxylic acids is 2. The van der Waals surface area contributed by atoms with Crippen molar-refractivity contribution < 1.29 is 14.3 Å². The summed E-state index contributed by atoms with van der Waals surface area (Å²) in [5, 5.41) is 4.03. The molecule has 6 heteroatoms. The Balaban J connectivity index is 1.42. The number of benzene rings is 1. The Bertz CT molecular complexity index is 630. The van der Waals surface area contributed by atoms with Crippen LogP contribution in [0.1, 0.15) is 37.7 Å². The molecule has 0 saturated carbocycles. The normalized spacial score (nSPS) is 20.8. The molecule has 6 nitrogen and oxygen atoms in total. The monoisotopic (exact) mass is 343 g/mol. The second-order valence-electron chi connectivity index (χ2n) is 6.57. The highest BCUT2D eigenvalue weighted by atomic mass is 16.5. The Kier molecular flexibility index (Phi) is 6.17. The fourth-order valence-corrected chi connectivity index (χ4v) is 3.19. The molecule has 3 rings (SSSR count). The molecule has 2 aliphatic rings. The first-order chi connectivity index (χ1) is 12.2. The standard InChI is InChI=1S/C19H25N3O3/c23-18-10-7-16(20-21-18)8-11-19(24)22-12-13-25-17(14-22)9-6-15-4-2-1-3-5-15/h1-5,17H,6-14H2,(H,21,23)/t17-/m0/s1. The van der Waals surface area contributed by atoms with Gasteiger partial charge in [-0.1, -0.05) is 30.3 Å². The molecular formula is C19H25N3O3. The van der Waals surface area contributed by atoms with Crippen molar-refractivity contribution in [2.45, 2.75) is 44.6 Å². The summed E-state index contributed by atoms with van der Waals surface area (Å²) in [5.74, 6) is 0.0946. The molecule has 2 heterocycles. The third kappa shape index (κ3) is 5.39. The fraction of sp³-hybridized carbons (Fsp3) is 0.526. The van der Waals surface area contributed by atoms with E-state index in [9.17, 15) is 9.59 Å². The molecule has 0 bridgehead atoms. The van der Waals surface area contributed by atoms with Gasteiger partial charge in [0.1, 0.15) is 0 Å². The maximum Gasteiger partial charge on any atom is 0.240 e. The molecular weight excluding hydrogens is 318 g/mol. The summed E-state index contributed by atoms with van der Waals surface area (Å²) in [6, 6.07) is 10.3. The minimum atomic E-state index is -0.0514. The number of morpholine rings is 1. The van der Waals surface area contributed by atoms with Crippen LogP contribution in [0.4, 0.5) is 0 Å². The first-order valence-electron chi connectivity index (χ1n) is 8.98. The number of amides is 2. The van der Waals surface area contributed by atoms with E-state index in [2.05, 4.69) is 22.7 Å². The van der Waals surface area contributed by atoms with Crippen molar-refractivity contribution in [2.24, 2.45) is 5.10 Å². The van der Waals surface area contributed by atoms with Crippen LogP contribution in [0.2, 0.25) is 0 Å². The lowest BCUT2D eigenvalue weighted by molar-refractivity contribution is -0.138. The molecule has 25 heavy (non-hydrogen) atoms. The highest BCUT2D eigenvalue weighted by Crippen LogP contribution is 2.14. The summed E-state index contributed by atoms with van der Waals surface area (Å²) in [6.45, 7) is 1.92. The predicted octanol–water partition coefficient (Wildman–Crippen LogP) is 1.89. The van der Waals surface area contributed by atoms with Gasteiger partial charge in [0.25, 0.3) is 0 Å². The van der Waals surface area contributed by atoms with Gasteiger partial charge in [0.05, 0.1) is 12.7 Å². The number of hydrazone groups is 1. The summed E-state index contributed by atoms with van der Waals surface area (Å²) >= 11 is 0. The number of nitrogens with zero attached hydrogens (tertiary/aromatic N) is 2. The van der Waals surface area contributed by atoms with Crippen LogP contribution in [-0.4, -0.2) is 48.2 Å². The minimum Gasteiger partial charge on any atom is -0.375 e. The van der Waals surface area contributed by atoms with Crippen molar-refractivity contribution in [3.8, 4) is 0 Å². The third-order valence-corrected chi connectivity index (χ3v) is 4.70. The van der Waals surface area contributed by atoms with Crippen molar-refractivity contribution in [3.05, 3.63) is 35.9 Å². The molecule has 1 aromatic rings. The number of hydrogen-bond acceptors (Lipinski definition) is 4. The van der Waals surface area contributed by atoms with E-state index in [1.165, 1.54) is 5.56 Å². The first kappa shape index (κ1) is 17.6. The van der Waals surface area contributed by atoms with Gasteiger partial charge in [-0.05, 0) is 31.2 Å². The number of aryl methyl sites for hydroxylation is 1. The molecule has 1 atom stereocenters. The maximum atomic E-state index is 12.5. The van der Waals surface area contributed by atoms with Crippen LogP contribution in [-0.2, 0) is 20.7 Å². The van der Waals surface area contributed by atoms with Gasteiger partial charge in [0, 0.05) is 31.6 Å². The van der Waals surface area contributed by atoms with Crippen LogP contribution in [0, 0.1) is 0 Å². The zero-order valence-corrected chi connectivity index (χ0v) is 14.4. The predicted molar refractivity (Wildman–Crippen MR) is 95.1 cm³/mol. The fourth-order valence-electron chi connectivity index (χ4n) is 3.19. The Morgan fingerprint density at radius 1 is 1.24 bits per heavy atom. The number of nitrogens with one attached hydrogen (secondary N) is 1. The van der Waals surface area contributed by atoms with Crippen molar-refractivity contribution >= 4 is 17.5 Å². The van der Waals surface area contributed by atoms with Crippen LogP contribution in [0.3, 0.4) is 0 Å². The number of ether oxygens (including phenoxy) is 1. The Morgan fingerprint density at radius 3 is 2.84 bits per heavy atom. The van der Waals surface area contributed by atoms with E-state index in [1.54, 1.807) is 0 Å². The van der Waals surface area contributed by atoms with Crippen LogP contribution in [0.5, 0.6) is 0 Å². The van der Waals surface area contributed by atoms with Gasteiger partial charge in [0.2, 0.25) is 11.8 Å². The molecule has 0 unspecified atom stereocenters. The van der Waals surface area contributed by atoms with Gasteiger partial charge in [-0.25, -0.2) is 5.43 Å². The Hall–Kier alpha value is -2.21. The third-order valence-electron chi connectivity index (χ3n) is 4.70. The smallest absolute Gasteiger partial charge is 0.240 e. The summed E-state index contributed by atoms with van der Waals surface area (Å²) in [7, 11) is 0. The van der Waals surface area contributed by atoms with Gasteiger partial charge < -0.3 is 9.64 Å². The zero-order valence-electron chi connectivity index (χ0n) is 14.4. The molecule has 0 radical (unpaired) electrons. The van der Waals surface area contributed by atoms with Crippen LogP contribution >= 0.6 is 0 Å². The van der Waals surface area contributed by atoms with Gasteiger partial charge in [-0.2, -0.15) is 5.10 Å². The lowest BCUT2D eigenvalue weighted by Crippen LogP contribution is -2.45. The van der Waals surface area contributed by atoms with Gasteiger partial charge >= 0.3 is 0 Å². The zero-order chi connectivity index (χ0) is 17.5. The van der Waals surface area contributed by atoms with Gasteiger partial charge in [-0.15, -0.1) is 0 Å². The molecule has 0 aliphatic carbocycles. The summed E-state index contributed by atoms with van der Waals surface area (Å²) in [6.07, 6.45) is 4.17. The molecule has 0 aromatic heterocycles. The Morgan fingerprint density at radius 2 is 2.08 bits per heavy atom. The SMILES string of the molecule is O=C1CCC(CCC(=O)N2CCO[C@@H](CCc3ccccc3)C2)=NN1. The van der Waals surface area contributed by atoms with Crippen LogP contribution < -0.4 is 5.43 Å². The van der Waals surface area contributed by atoms with Crippen molar-refractivity contribution in [2.75, 3.05) is 19.7 Å². The van der Waals surface area contributed by atoms with Crippen molar-refractivity contribution in [1.82, 2.24) is 10.3 Å². The molecule has 1 aromatic carbocycles. The molecule has 134 valence electrons. The number of rotatable bonds is 6. The van der Waals surface area contributed by atoms with Crippen molar-refractivity contribution in [3.63, 3.8) is 0 Å².